The Morgan fingerprint density at radius 3 is 2.64 bits per heavy atom. The molecule has 0 radical (unpaired) electrons. The molecule has 1 fully saturated rings. The Bertz CT molecular complexity index is 355. The number of rotatable bonds is 6. The van der Waals surface area contributed by atoms with Gasteiger partial charge in [0.1, 0.15) is 0 Å². The van der Waals surface area contributed by atoms with Crippen molar-refractivity contribution >= 4 is 12.1 Å². The lowest BCUT2D eigenvalue weighted by Gasteiger charge is -2.32. The molecule has 0 aliphatic carbocycles. The third-order valence-corrected chi connectivity index (χ3v) is 3.58. The lowest BCUT2D eigenvalue weighted by atomic mass is 10.1. The number of hydrogen-bond donors (Lipinski definition) is 3. The SMILES string of the molecule is CCNC(=NCC(C)CO)NC1CCN(C(=O)OCC)CC1. The topological polar surface area (TPSA) is 86.2 Å². The fourth-order valence-corrected chi connectivity index (χ4v) is 2.24. The van der Waals surface area contributed by atoms with Crippen molar-refractivity contribution in [3.05, 3.63) is 0 Å². The molecule has 0 bridgehead atoms. The average molecular weight is 314 g/mol. The maximum absolute atomic E-state index is 11.7. The van der Waals surface area contributed by atoms with Crippen LogP contribution >= 0.6 is 0 Å². The molecule has 1 unspecified atom stereocenters. The van der Waals surface area contributed by atoms with Crippen LogP contribution in [0.1, 0.15) is 33.6 Å². The van der Waals surface area contributed by atoms with Gasteiger partial charge in [-0.1, -0.05) is 6.92 Å². The molecule has 0 saturated carbocycles. The van der Waals surface area contributed by atoms with Crippen molar-refractivity contribution < 1.29 is 14.6 Å². The minimum Gasteiger partial charge on any atom is -0.450 e. The number of carbonyl (C=O) groups is 1. The molecule has 1 atom stereocenters. The second-order valence-electron chi connectivity index (χ2n) is 5.61. The van der Waals surface area contributed by atoms with Crippen LogP contribution in [0.3, 0.4) is 0 Å². The molecule has 3 N–H and O–H groups in total. The Morgan fingerprint density at radius 1 is 1.41 bits per heavy atom. The van der Waals surface area contributed by atoms with E-state index in [0.717, 1.165) is 25.3 Å². The number of aliphatic hydroxyl groups is 1. The number of aliphatic hydroxyl groups excluding tert-OH is 1. The van der Waals surface area contributed by atoms with E-state index in [2.05, 4.69) is 15.6 Å². The first-order valence-electron chi connectivity index (χ1n) is 8.18. The quantitative estimate of drug-likeness (QED) is 0.498. The molecule has 0 aromatic rings. The van der Waals surface area contributed by atoms with Gasteiger partial charge in [-0.05, 0) is 32.6 Å². The van der Waals surface area contributed by atoms with Crippen LogP contribution in [-0.4, -0.2) is 67.5 Å². The van der Waals surface area contributed by atoms with Crippen molar-refractivity contribution in [1.82, 2.24) is 15.5 Å². The second-order valence-corrected chi connectivity index (χ2v) is 5.61. The van der Waals surface area contributed by atoms with Gasteiger partial charge in [-0.15, -0.1) is 0 Å². The summed E-state index contributed by atoms with van der Waals surface area (Å²) in [6.45, 7) is 9.14. The molecule has 1 aliphatic heterocycles. The van der Waals surface area contributed by atoms with Crippen molar-refractivity contribution in [2.75, 3.05) is 39.4 Å². The maximum atomic E-state index is 11.7. The minimum absolute atomic E-state index is 0.140. The summed E-state index contributed by atoms with van der Waals surface area (Å²) in [6.07, 6.45) is 1.52. The smallest absolute Gasteiger partial charge is 0.409 e. The van der Waals surface area contributed by atoms with E-state index in [1.165, 1.54) is 0 Å². The third kappa shape index (κ3) is 6.51. The Morgan fingerprint density at radius 2 is 2.09 bits per heavy atom. The Hall–Kier alpha value is -1.50. The van der Waals surface area contributed by atoms with Crippen molar-refractivity contribution in [3.8, 4) is 0 Å². The maximum Gasteiger partial charge on any atom is 0.409 e. The van der Waals surface area contributed by atoms with Gasteiger partial charge in [-0.3, -0.25) is 4.99 Å². The van der Waals surface area contributed by atoms with Crippen LogP contribution in [0.15, 0.2) is 4.99 Å². The molecule has 0 aromatic carbocycles. The number of ether oxygens (including phenoxy) is 1. The minimum atomic E-state index is -0.224. The molecule has 1 rings (SSSR count). The van der Waals surface area contributed by atoms with Crippen molar-refractivity contribution in [1.29, 1.82) is 0 Å². The third-order valence-electron chi connectivity index (χ3n) is 3.58. The van der Waals surface area contributed by atoms with E-state index < -0.39 is 0 Å². The predicted octanol–water partition coefficient (Wildman–Crippen LogP) is 0.791. The highest BCUT2D eigenvalue weighted by Crippen LogP contribution is 2.11. The molecular weight excluding hydrogens is 284 g/mol. The van der Waals surface area contributed by atoms with Gasteiger partial charge < -0.3 is 25.4 Å². The zero-order valence-electron chi connectivity index (χ0n) is 14.0. The van der Waals surface area contributed by atoms with Gasteiger partial charge in [0.2, 0.25) is 0 Å². The average Bonchev–Trinajstić information content (AvgIpc) is 2.53. The van der Waals surface area contributed by atoms with E-state index in [1.54, 1.807) is 4.90 Å². The van der Waals surface area contributed by atoms with Gasteiger partial charge in [0, 0.05) is 38.8 Å². The fourth-order valence-electron chi connectivity index (χ4n) is 2.24. The number of nitrogens with one attached hydrogen (secondary N) is 2. The van der Waals surface area contributed by atoms with Crippen LogP contribution in [0.2, 0.25) is 0 Å². The highest BCUT2D eigenvalue weighted by molar-refractivity contribution is 5.80. The van der Waals surface area contributed by atoms with Crippen LogP contribution in [0.5, 0.6) is 0 Å². The first kappa shape index (κ1) is 18.5. The van der Waals surface area contributed by atoms with E-state index in [9.17, 15) is 4.79 Å². The Labute approximate surface area is 133 Å². The summed E-state index contributed by atoms with van der Waals surface area (Å²) in [4.78, 5) is 17.9. The molecule has 1 amide bonds. The number of carbonyl (C=O) groups excluding carboxylic acids is 1. The summed E-state index contributed by atoms with van der Waals surface area (Å²) in [6, 6.07) is 0.299. The van der Waals surface area contributed by atoms with E-state index in [0.29, 0.717) is 32.3 Å². The van der Waals surface area contributed by atoms with E-state index in [4.69, 9.17) is 9.84 Å². The zero-order chi connectivity index (χ0) is 16.4. The number of aliphatic imine (C=N–C) groups is 1. The van der Waals surface area contributed by atoms with E-state index >= 15 is 0 Å². The number of hydrogen-bond acceptors (Lipinski definition) is 4. The summed E-state index contributed by atoms with van der Waals surface area (Å²) in [7, 11) is 0. The van der Waals surface area contributed by atoms with Gasteiger partial charge >= 0.3 is 6.09 Å². The summed E-state index contributed by atoms with van der Waals surface area (Å²) in [5.41, 5.74) is 0. The summed E-state index contributed by atoms with van der Waals surface area (Å²) in [5.74, 6) is 0.929. The number of amides is 1. The van der Waals surface area contributed by atoms with Crippen LogP contribution in [0, 0.1) is 5.92 Å². The van der Waals surface area contributed by atoms with Crippen LogP contribution in [0.4, 0.5) is 4.79 Å². The molecule has 0 spiro atoms. The van der Waals surface area contributed by atoms with Gasteiger partial charge in [-0.25, -0.2) is 4.79 Å². The number of nitrogens with zero attached hydrogens (tertiary/aromatic N) is 2. The summed E-state index contributed by atoms with van der Waals surface area (Å²) in [5, 5.41) is 15.7. The lowest BCUT2D eigenvalue weighted by Crippen LogP contribution is -2.50. The van der Waals surface area contributed by atoms with Crippen LogP contribution < -0.4 is 10.6 Å². The number of piperidine rings is 1. The van der Waals surface area contributed by atoms with E-state index in [-0.39, 0.29) is 18.6 Å². The van der Waals surface area contributed by atoms with Gasteiger partial charge in [-0.2, -0.15) is 0 Å². The van der Waals surface area contributed by atoms with E-state index in [1.807, 2.05) is 20.8 Å². The van der Waals surface area contributed by atoms with Gasteiger partial charge in [0.05, 0.1) is 6.61 Å². The first-order valence-corrected chi connectivity index (χ1v) is 8.18. The second kappa shape index (κ2) is 10.3. The first-order chi connectivity index (χ1) is 10.6. The predicted molar refractivity (Wildman–Crippen MR) is 87.0 cm³/mol. The molecule has 22 heavy (non-hydrogen) atoms. The largest absolute Gasteiger partial charge is 0.450 e. The number of likely N-dealkylation sites (tertiary alicyclic amines) is 1. The van der Waals surface area contributed by atoms with Crippen LogP contribution in [-0.2, 0) is 4.74 Å². The molecule has 0 aromatic heterocycles. The highest BCUT2D eigenvalue weighted by atomic mass is 16.6. The number of guanidine groups is 1. The van der Waals surface area contributed by atoms with Crippen molar-refractivity contribution in [3.63, 3.8) is 0 Å². The lowest BCUT2D eigenvalue weighted by molar-refractivity contribution is 0.0963. The molecular formula is C15H30N4O3. The Kier molecular flexibility index (Phi) is 8.65. The Balaban J connectivity index is 2.43. The molecule has 128 valence electrons. The molecule has 7 heteroatoms. The van der Waals surface area contributed by atoms with Crippen molar-refractivity contribution in [2.24, 2.45) is 10.9 Å². The molecule has 1 saturated heterocycles. The zero-order valence-corrected chi connectivity index (χ0v) is 14.0. The highest BCUT2D eigenvalue weighted by Gasteiger charge is 2.24. The summed E-state index contributed by atoms with van der Waals surface area (Å²) >= 11 is 0. The van der Waals surface area contributed by atoms with Crippen LogP contribution in [0.25, 0.3) is 0 Å². The normalized spacial score (nSPS) is 18.0. The standard InChI is InChI=1S/C15H30N4O3/c1-4-16-14(17-10-12(3)11-20)18-13-6-8-19(9-7-13)15(21)22-5-2/h12-13,20H,4-11H2,1-3H3,(H2,16,17,18). The fraction of sp³-hybridized carbons (Fsp3) is 0.867. The van der Waals surface area contributed by atoms with Gasteiger partial charge in [0.25, 0.3) is 0 Å². The molecule has 7 nitrogen and oxygen atoms in total. The van der Waals surface area contributed by atoms with Gasteiger partial charge in [0.15, 0.2) is 5.96 Å². The monoisotopic (exact) mass is 314 g/mol. The molecule has 1 aliphatic rings. The van der Waals surface area contributed by atoms with Crippen molar-refractivity contribution in [2.45, 2.75) is 39.7 Å². The summed E-state index contributed by atoms with van der Waals surface area (Å²) < 4.78 is 5.02. The molecule has 1 heterocycles.